The molecule has 0 spiro atoms. The maximum atomic E-state index is 11.6. The highest BCUT2D eigenvalue weighted by molar-refractivity contribution is 6.34. The van der Waals surface area contributed by atoms with Crippen LogP contribution in [0.3, 0.4) is 0 Å². The number of hydrogen-bond acceptors (Lipinski definition) is 3. The fraction of sp³-hybridized carbons (Fsp3) is 0.333. The van der Waals surface area contributed by atoms with Crippen LogP contribution in [0.25, 0.3) is 0 Å². The Morgan fingerprint density at radius 1 is 1.28 bits per heavy atom. The van der Waals surface area contributed by atoms with Crippen molar-refractivity contribution in [2.24, 2.45) is 11.7 Å². The lowest BCUT2D eigenvalue weighted by atomic mass is 10.1. The van der Waals surface area contributed by atoms with Crippen LogP contribution in [-0.2, 0) is 14.3 Å². The Hall–Kier alpha value is -1.26. The summed E-state index contributed by atoms with van der Waals surface area (Å²) in [5.41, 5.74) is 5.81. The minimum Gasteiger partial charge on any atom is -0.455 e. The highest BCUT2D eigenvalue weighted by Crippen LogP contribution is 2.49. The van der Waals surface area contributed by atoms with Gasteiger partial charge in [-0.05, 0) is 36.1 Å². The molecule has 1 saturated carbocycles. The van der Waals surface area contributed by atoms with Gasteiger partial charge in [-0.2, -0.15) is 0 Å². The smallest absolute Gasteiger partial charge is 0.310 e. The van der Waals surface area contributed by atoms with Crippen molar-refractivity contribution in [3.8, 4) is 0 Å². The Kier molecular flexibility index (Phi) is 3.78. The quantitative estimate of drug-likeness (QED) is 0.863. The van der Waals surface area contributed by atoms with E-state index in [9.17, 15) is 9.59 Å². The molecule has 0 saturated heterocycles. The van der Waals surface area contributed by atoms with Gasteiger partial charge in [-0.15, -0.1) is 0 Å². The van der Waals surface area contributed by atoms with Crippen molar-refractivity contribution >= 4 is 35.1 Å². The third kappa shape index (κ3) is 3.15. The molecule has 0 aromatic heterocycles. The molecule has 4 nitrogen and oxygen atoms in total. The Labute approximate surface area is 114 Å². The number of benzene rings is 1. The normalized spacial score (nSPS) is 21.4. The summed E-state index contributed by atoms with van der Waals surface area (Å²) in [4.78, 5) is 22.1. The molecular formula is C12H11Cl2NO3. The van der Waals surface area contributed by atoms with E-state index in [2.05, 4.69) is 0 Å². The number of halogens is 2. The first kappa shape index (κ1) is 13.2. The van der Waals surface area contributed by atoms with Crippen LogP contribution in [-0.4, -0.2) is 18.5 Å². The SMILES string of the molecule is NC(=O)COC(=O)[C@@H]1C[C@H]1c1cc(Cl)cc(Cl)c1. The molecule has 0 aliphatic heterocycles. The Morgan fingerprint density at radius 3 is 2.44 bits per heavy atom. The topological polar surface area (TPSA) is 69.4 Å². The molecule has 1 fully saturated rings. The average Bonchev–Trinajstić information content (AvgIpc) is 3.04. The molecule has 0 heterocycles. The molecule has 1 amide bonds. The van der Waals surface area contributed by atoms with Gasteiger partial charge in [-0.25, -0.2) is 0 Å². The van der Waals surface area contributed by atoms with E-state index in [0.717, 1.165) is 5.56 Å². The summed E-state index contributed by atoms with van der Waals surface area (Å²) >= 11 is 11.8. The van der Waals surface area contributed by atoms with E-state index < -0.39 is 11.9 Å². The first-order valence-corrected chi connectivity index (χ1v) is 6.14. The molecule has 18 heavy (non-hydrogen) atoms. The van der Waals surface area contributed by atoms with E-state index in [1.165, 1.54) is 0 Å². The maximum absolute atomic E-state index is 11.6. The summed E-state index contributed by atoms with van der Waals surface area (Å²) in [5, 5.41) is 1.07. The van der Waals surface area contributed by atoms with Gasteiger partial charge in [0.1, 0.15) is 0 Å². The first-order chi connectivity index (χ1) is 8.47. The van der Waals surface area contributed by atoms with Gasteiger partial charge in [-0.3, -0.25) is 9.59 Å². The summed E-state index contributed by atoms with van der Waals surface area (Å²) in [6.45, 7) is -0.377. The lowest BCUT2D eigenvalue weighted by molar-refractivity contribution is -0.149. The largest absolute Gasteiger partial charge is 0.455 e. The minimum atomic E-state index is -0.661. The third-order valence-electron chi connectivity index (χ3n) is 2.76. The van der Waals surface area contributed by atoms with Crippen molar-refractivity contribution in [1.82, 2.24) is 0 Å². The highest BCUT2D eigenvalue weighted by Gasteiger charge is 2.45. The second kappa shape index (κ2) is 5.16. The maximum Gasteiger partial charge on any atom is 0.310 e. The van der Waals surface area contributed by atoms with Gasteiger partial charge in [0.25, 0.3) is 5.91 Å². The molecule has 2 atom stereocenters. The van der Waals surface area contributed by atoms with Gasteiger partial charge < -0.3 is 10.5 Å². The van der Waals surface area contributed by atoms with Crippen LogP contribution < -0.4 is 5.73 Å². The predicted molar refractivity (Wildman–Crippen MR) is 67.5 cm³/mol. The van der Waals surface area contributed by atoms with Crippen LogP contribution in [0.4, 0.5) is 0 Å². The van der Waals surface area contributed by atoms with Gasteiger partial charge in [0, 0.05) is 10.0 Å². The molecule has 1 aliphatic carbocycles. The van der Waals surface area contributed by atoms with Crippen LogP contribution in [0.5, 0.6) is 0 Å². The van der Waals surface area contributed by atoms with Crippen LogP contribution in [0.15, 0.2) is 18.2 Å². The molecule has 1 aromatic rings. The fourth-order valence-corrected chi connectivity index (χ4v) is 2.41. The van der Waals surface area contributed by atoms with E-state index in [0.29, 0.717) is 16.5 Å². The van der Waals surface area contributed by atoms with Gasteiger partial charge in [0.15, 0.2) is 6.61 Å². The molecule has 2 rings (SSSR count). The molecule has 0 bridgehead atoms. The summed E-state index contributed by atoms with van der Waals surface area (Å²) in [6, 6.07) is 5.19. The number of carbonyl (C=O) groups is 2. The Balaban J connectivity index is 1.98. The van der Waals surface area contributed by atoms with E-state index >= 15 is 0 Å². The van der Waals surface area contributed by atoms with Gasteiger partial charge in [-0.1, -0.05) is 23.2 Å². The number of ether oxygens (including phenoxy) is 1. The van der Waals surface area contributed by atoms with Crippen LogP contribution in [0.1, 0.15) is 17.9 Å². The van der Waals surface area contributed by atoms with Gasteiger partial charge in [0.2, 0.25) is 0 Å². The highest BCUT2D eigenvalue weighted by atomic mass is 35.5. The standard InChI is InChI=1S/C12H11Cl2NO3/c13-7-1-6(2-8(14)3-7)9-4-10(9)12(17)18-5-11(15)16/h1-3,9-10H,4-5H2,(H2,15,16)/t9-,10+/m0/s1. The summed E-state index contributed by atoms with van der Waals surface area (Å²) in [7, 11) is 0. The molecule has 1 aliphatic rings. The van der Waals surface area contributed by atoms with E-state index in [4.69, 9.17) is 33.7 Å². The van der Waals surface area contributed by atoms with E-state index in [-0.39, 0.29) is 18.4 Å². The lowest BCUT2D eigenvalue weighted by Gasteiger charge is -2.03. The zero-order chi connectivity index (χ0) is 13.3. The predicted octanol–water partition coefficient (Wildman–Crippen LogP) is 2.13. The molecule has 1 aromatic carbocycles. The number of esters is 1. The number of nitrogens with two attached hydrogens (primary N) is 1. The number of primary amides is 1. The van der Waals surface area contributed by atoms with Crippen LogP contribution >= 0.6 is 23.2 Å². The monoisotopic (exact) mass is 287 g/mol. The zero-order valence-corrected chi connectivity index (χ0v) is 10.9. The molecule has 2 N–H and O–H groups in total. The van der Waals surface area contributed by atoms with Crippen molar-refractivity contribution in [3.05, 3.63) is 33.8 Å². The fourth-order valence-electron chi connectivity index (χ4n) is 1.86. The second-order valence-electron chi connectivity index (χ2n) is 4.23. The zero-order valence-electron chi connectivity index (χ0n) is 9.36. The molecule has 96 valence electrons. The van der Waals surface area contributed by atoms with E-state index in [1.54, 1.807) is 18.2 Å². The van der Waals surface area contributed by atoms with Crippen molar-refractivity contribution in [3.63, 3.8) is 0 Å². The molecule has 6 heteroatoms. The number of rotatable bonds is 4. The number of carbonyl (C=O) groups excluding carboxylic acids is 2. The van der Waals surface area contributed by atoms with E-state index in [1.807, 2.05) is 0 Å². The van der Waals surface area contributed by atoms with Gasteiger partial charge in [0.05, 0.1) is 5.92 Å². The van der Waals surface area contributed by atoms with Crippen molar-refractivity contribution in [2.75, 3.05) is 6.61 Å². The Bertz CT molecular complexity index is 484. The lowest BCUT2D eigenvalue weighted by Crippen LogP contribution is -2.21. The molecule has 0 unspecified atom stereocenters. The average molecular weight is 288 g/mol. The van der Waals surface area contributed by atoms with Crippen LogP contribution in [0.2, 0.25) is 10.0 Å². The van der Waals surface area contributed by atoms with Crippen LogP contribution in [0, 0.1) is 5.92 Å². The molecular weight excluding hydrogens is 277 g/mol. The first-order valence-electron chi connectivity index (χ1n) is 5.38. The second-order valence-corrected chi connectivity index (χ2v) is 5.10. The number of hydrogen-bond donors (Lipinski definition) is 1. The third-order valence-corrected chi connectivity index (χ3v) is 3.20. The van der Waals surface area contributed by atoms with Crippen molar-refractivity contribution in [1.29, 1.82) is 0 Å². The minimum absolute atomic E-state index is 0.0570. The van der Waals surface area contributed by atoms with Gasteiger partial charge >= 0.3 is 5.97 Å². The molecule has 0 radical (unpaired) electrons. The summed E-state index contributed by atoms with van der Waals surface area (Å²) in [6.07, 6.45) is 0.675. The van der Waals surface area contributed by atoms with Crippen molar-refractivity contribution in [2.45, 2.75) is 12.3 Å². The van der Waals surface area contributed by atoms with Crippen molar-refractivity contribution < 1.29 is 14.3 Å². The number of amides is 1. The summed E-state index contributed by atoms with van der Waals surface area (Å²) < 4.78 is 4.76. The summed E-state index contributed by atoms with van der Waals surface area (Å²) in [5.74, 6) is -1.25. The Morgan fingerprint density at radius 2 is 1.89 bits per heavy atom.